The summed E-state index contributed by atoms with van der Waals surface area (Å²) in [5.41, 5.74) is 5.56. The van der Waals surface area contributed by atoms with Crippen LogP contribution in [-0.2, 0) is 14.8 Å². The molecule has 1 unspecified atom stereocenters. The summed E-state index contributed by atoms with van der Waals surface area (Å²) < 4.78 is 27.7. The Hall–Kier alpha value is -1.22. The number of sulfonamides is 1. The molecule has 0 aliphatic carbocycles. The van der Waals surface area contributed by atoms with Gasteiger partial charge < -0.3 is 15.4 Å². The quantitative estimate of drug-likeness (QED) is 0.722. The molecule has 4 N–H and O–H groups in total. The van der Waals surface area contributed by atoms with Gasteiger partial charge in [0.25, 0.3) is 0 Å². The molecule has 0 saturated carbocycles. The van der Waals surface area contributed by atoms with E-state index in [1.807, 2.05) is 4.90 Å². The highest BCUT2D eigenvalue weighted by molar-refractivity contribution is 7.89. The maximum atomic E-state index is 11.1. The third-order valence-corrected chi connectivity index (χ3v) is 3.67. The van der Waals surface area contributed by atoms with Crippen molar-refractivity contribution < 1.29 is 13.2 Å². The van der Waals surface area contributed by atoms with Gasteiger partial charge in [0.05, 0.1) is 12.7 Å². The van der Waals surface area contributed by atoms with Crippen molar-refractivity contribution in [1.82, 2.24) is 4.98 Å². The lowest BCUT2D eigenvalue weighted by atomic mass is 10.2. The second-order valence-corrected chi connectivity index (χ2v) is 5.63. The van der Waals surface area contributed by atoms with Gasteiger partial charge in [0, 0.05) is 25.8 Å². The Bertz CT molecular complexity index is 502. The summed E-state index contributed by atoms with van der Waals surface area (Å²) in [5.74, 6) is 0.698. The minimum absolute atomic E-state index is 0.00915. The van der Waals surface area contributed by atoms with Gasteiger partial charge in [-0.05, 0) is 12.1 Å². The van der Waals surface area contributed by atoms with E-state index in [4.69, 9.17) is 15.6 Å². The van der Waals surface area contributed by atoms with Gasteiger partial charge in [0.15, 0.2) is 0 Å². The fourth-order valence-corrected chi connectivity index (χ4v) is 2.26. The lowest BCUT2D eigenvalue weighted by molar-refractivity contribution is 0.0463. The van der Waals surface area contributed by atoms with E-state index >= 15 is 0 Å². The van der Waals surface area contributed by atoms with Crippen LogP contribution in [0.1, 0.15) is 0 Å². The first-order valence-electron chi connectivity index (χ1n) is 5.56. The molecule has 0 radical (unpaired) electrons. The molecular weight excluding hydrogens is 256 g/mol. The first-order chi connectivity index (χ1) is 8.50. The number of pyridine rings is 1. The number of primary sulfonamides is 1. The second-order valence-electron chi connectivity index (χ2n) is 4.07. The van der Waals surface area contributed by atoms with Crippen molar-refractivity contribution in [1.29, 1.82) is 0 Å². The molecular formula is C10H16N4O3S. The van der Waals surface area contributed by atoms with Crippen LogP contribution in [0.4, 0.5) is 5.82 Å². The van der Waals surface area contributed by atoms with Gasteiger partial charge in [0.1, 0.15) is 10.7 Å². The van der Waals surface area contributed by atoms with Crippen LogP contribution >= 0.6 is 0 Å². The molecule has 1 aliphatic rings. The Morgan fingerprint density at radius 3 is 2.83 bits per heavy atom. The molecule has 8 heteroatoms. The van der Waals surface area contributed by atoms with Crippen molar-refractivity contribution in [3.05, 3.63) is 18.3 Å². The van der Waals surface area contributed by atoms with E-state index in [9.17, 15) is 8.42 Å². The average Bonchev–Trinajstić information content (AvgIpc) is 2.38. The number of nitrogens with two attached hydrogens (primary N) is 2. The Morgan fingerprint density at radius 2 is 2.28 bits per heavy atom. The smallest absolute Gasteiger partial charge is 0.239 e. The van der Waals surface area contributed by atoms with E-state index in [1.165, 1.54) is 12.3 Å². The van der Waals surface area contributed by atoms with Crippen LogP contribution in [-0.4, -0.2) is 45.7 Å². The van der Waals surface area contributed by atoms with E-state index in [2.05, 4.69) is 4.98 Å². The predicted molar refractivity (Wildman–Crippen MR) is 66.6 cm³/mol. The van der Waals surface area contributed by atoms with Gasteiger partial charge in [-0.3, -0.25) is 0 Å². The zero-order valence-electron chi connectivity index (χ0n) is 9.82. The molecule has 100 valence electrons. The van der Waals surface area contributed by atoms with Crippen molar-refractivity contribution in [3.8, 4) is 0 Å². The van der Waals surface area contributed by atoms with Crippen LogP contribution in [0.5, 0.6) is 0 Å². The number of morpholine rings is 1. The minimum Gasteiger partial charge on any atom is -0.373 e. The molecule has 0 aromatic carbocycles. The highest BCUT2D eigenvalue weighted by Gasteiger charge is 2.20. The highest BCUT2D eigenvalue weighted by atomic mass is 32.2. The lowest BCUT2D eigenvalue weighted by Crippen LogP contribution is -2.46. The van der Waals surface area contributed by atoms with E-state index in [-0.39, 0.29) is 11.0 Å². The Morgan fingerprint density at radius 1 is 1.50 bits per heavy atom. The molecule has 7 nitrogen and oxygen atoms in total. The van der Waals surface area contributed by atoms with Gasteiger partial charge in [-0.25, -0.2) is 18.5 Å². The average molecular weight is 272 g/mol. The van der Waals surface area contributed by atoms with Crippen LogP contribution in [0.2, 0.25) is 0 Å². The van der Waals surface area contributed by atoms with Crippen LogP contribution in [0.3, 0.4) is 0 Å². The summed E-state index contributed by atoms with van der Waals surface area (Å²) in [6, 6.07) is 3.09. The minimum atomic E-state index is -3.69. The molecule has 0 spiro atoms. The number of anilines is 1. The Balaban J connectivity index is 2.14. The Labute approximate surface area is 106 Å². The number of hydrogen-bond donors (Lipinski definition) is 2. The van der Waals surface area contributed by atoms with Crippen LogP contribution in [0, 0.1) is 0 Å². The van der Waals surface area contributed by atoms with Crippen molar-refractivity contribution in [2.45, 2.75) is 11.0 Å². The van der Waals surface area contributed by atoms with Gasteiger partial charge in [-0.1, -0.05) is 0 Å². The molecule has 1 aromatic rings. The first-order valence-corrected chi connectivity index (χ1v) is 7.11. The number of ether oxygens (including phenoxy) is 1. The molecule has 0 amide bonds. The molecule has 2 rings (SSSR count). The third-order valence-electron chi connectivity index (χ3n) is 2.77. The molecule has 0 bridgehead atoms. The zero-order valence-corrected chi connectivity index (χ0v) is 10.6. The van der Waals surface area contributed by atoms with Crippen LogP contribution < -0.4 is 15.8 Å². The van der Waals surface area contributed by atoms with Crippen LogP contribution in [0.15, 0.2) is 23.2 Å². The SMILES string of the molecule is NCC1CN(c2ccc(S(N)(=O)=O)cn2)CCO1. The van der Waals surface area contributed by atoms with Crippen LogP contribution in [0.25, 0.3) is 0 Å². The molecule has 18 heavy (non-hydrogen) atoms. The normalized spacial score (nSPS) is 21.0. The Kier molecular flexibility index (Phi) is 3.81. The van der Waals surface area contributed by atoms with E-state index in [0.29, 0.717) is 32.1 Å². The summed E-state index contributed by atoms with van der Waals surface area (Å²) in [5, 5.41) is 5.01. The number of rotatable bonds is 3. The molecule has 1 aliphatic heterocycles. The van der Waals surface area contributed by atoms with Crippen molar-refractivity contribution >= 4 is 15.8 Å². The lowest BCUT2D eigenvalue weighted by Gasteiger charge is -2.33. The summed E-state index contributed by atoms with van der Waals surface area (Å²) in [6.07, 6.45) is 1.25. The molecule has 1 atom stereocenters. The molecule has 2 heterocycles. The number of hydrogen-bond acceptors (Lipinski definition) is 6. The first kappa shape index (κ1) is 13.2. The number of nitrogens with zero attached hydrogens (tertiary/aromatic N) is 2. The van der Waals surface area contributed by atoms with E-state index in [1.54, 1.807) is 6.07 Å². The fraction of sp³-hybridized carbons (Fsp3) is 0.500. The monoisotopic (exact) mass is 272 g/mol. The third kappa shape index (κ3) is 2.96. The molecule has 1 fully saturated rings. The summed E-state index contributed by atoms with van der Waals surface area (Å²) >= 11 is 0. The van der Waals surface area contributed by atoms with Crippen molar-refractivity contribution in [2.24, 2.45) is 10.9 Å². The topological polar surface area (TPSA) is 112 Å². The summed E-state index contributed by atoms with van der Waals surface area (Å²) in [4.78, 5) is 6.12. The zero-order chi connectivity index (χ0) is 13.2. The van der Waals surface area contributed by atoms with Gasteiger partial charge >= 0.3 is 0 Å². The molecule has 1 aromatic heterocycles. The van der Waals surface area contributed by atoms with Crippen molar-refractivity contribution in [3.63, 3.8) is 0 Å². The summed E-state index contributed by atoms with van der Waals surface area (Å²) in [7, 11) is -3.69. The number of aromatic nitrogens is 1. The van der Waals surface area contributed by atoms with Gasteiger partial charge in [-0.2, -0.15) is 0 Å². The maximum absolute atomic E-state index is 11.1. The maximum Gasteiger partial charge on any atom is 0.239 e. The standard InChI is InChI=1S/C10H16N4O3S/c11-5-8-7-14(3-4-17-8)10-2-1-9(6-13-10)18(12,15)16/h1-2,6,8H,3-5,7,11H2,(H2,12,15,16). The highest BCUT2D eigenvalue weighted by Crippen LogP contribution is 2.16. The predicted octanol–water partition coefficient (Wildman–Crippen LogP) is -1.11. The van der Waals surface area contributed by atoms with Gasteiger partial charge in [-0.15, -0.1) is 0 Å². The molecule has 1 saturated heterocycles. The largest absolute Gasteiger partial charge is 0.373 e. The van der Waals surface area contributed by atoms with E-state index < -0.39 is 10.0 Å². The fourth-order valence-electron chi connectivity index (χ4n) is 1.80. The van der Waals surface area contributed by atoms with E-state index in [0.717, 1.165) is 0 Å². The summed E-state index contributed by atoms with van der Waals surface area (Å²) in [6.45, 7) is 2.39. The van der Waals surface area contributed by atoms with Crippen molar-refractivity contribution in [2.75, 3.05) is 31.1 Å². The van der Waals surface area contributed by atoms with Gasteiger partial charge in [0.2, 0.25) is 10.0 Å². The second kappa shape index (κ2) is 5.19.